The molecule has 4 heterocycles. The van der Waals surface area contributed by atoms with Crippen LogP contribution in [0.5, 0.6) is 0 Å². The molecule has 0 spiro atoms. The quantitative estimate of drug-likeness (QED) is 0.413. The second-order valence-electron chi connectivity index (χ2n) is 4.98. The Morgan fingerprint density at radius 1 is 1.43 bits per heavy atom. The Bertz CT molecular complexity index is 823. The lowest BCUT2D eigenvalue weighted by atomic mass is 10.1. The molecule has 0 aliphatic carbocycles. The van der Waals surface area contributed by atoms with E-state index in [1.165, 1.54) is 4.57 Å². The molecular formula is C10H14ClN5O6S. The molecule has 128 valence electrons. The van der Waals surface area contributed by atoms with Crippen molar-refractivity contribution in [1.82, 2.24) is 14.9 Å². The second kappa shape index (κ2) is 5.89. The summed E-state index contributed by atoms with van der Waals surface area (Å²) in [5.41, 5.74) is 5.60. The zero-order valence-electron chi connectivity index (χ0n) is 11.5. The van der Waals surface area contributed by atoms with Crippen molar-refractivity contribution >= 4 is 29.6 Å². The zero-order valence-corrected chi connectivity index (χ0v) is 13.1. The highest BCUT2D eigenvalue weighted by Crippen LogP contribution is 2.37. The van der Waals surface area contributed by atoms with Crippen molar-refractivity contribution in [3.05, 3.63) is 21.3 Å². The maximum absolute atomic E-state index is 12.2. The predicted molar refractivity (Wildman–Crippen MR) is 77.6 cm³/mol. The van der Waals surface area contributed by atoms with Gasteiger partial charge in [-0.15, -0.1) is 12.4 Å². The van der Waals surface area contributed by atoms with E-state index in [1.807, 2.05) is 0 Å². The van der Waals surface area contributed by atoms with Crippen LogP contribution in [0.2, 0.25) is 0 Å². The molecular weight excluding hydrogens is 354 g/mol. The molecule has 11 nitrogen and oxygen atoms in total. The number of aliphatic hydroxyl groups excluding tert-OH is 1. The summed E-state index contributed by atoms with van der Waals surface area (Å²) in [6.07, 6.45) is -3.18. The van der Waals surface area contributed by atoms with Crippen molar-refractivity contribution in [2.75, 3.05) is 13.3 Å². The van der Waals surface area contributed by atoms with Crippen LogP contribution in [0, 0.1) is 0 Å². The molecule has 0 saturated carbocycles. The lowest BCUT2D eigenvalue weighted by molar-refractivity contribution is -0.0571. The molecule has 2 fully saturated rings. The molecule has 1 aromatic heterocycles. The van der Waals surface area contributed by atoms with E-state index in [9.17, 15) is 14.1 Å². The molecule has 4 rings (SSSR count). The van der Waals surface area contributed by atoms with Gasteiger partial charge in [-0.25, -0.2) is 14.4 Å². The Morgan fingerprint density at radius 3 is 2.91 bits per heavy atom. The van der Waals surface area contributed by atoms with Gasteiger partial charge in [0, 0.05) is 0 Å². The van der Waals surface area contributed by atoms with Gasteiger partial charge in [0.05, 0.1) is 6.61 Å². The van der Waals surface area contributed by atoms with Crippen molar-refractivity contribution < 1.29 is 22.4 Å². The van der Waals surface area contributed by atoms with Crippen LogP contribution >= 0.6 is 12.4 Å². The predicted octanol–water partition coefficient (Wildman–Crippen LogP) is -3.94. The molecule has 1 aromatic rings. The minimum absolute atomic E-state index is 0. The highest BCUT2D eigenvalue weighted by Gasteiger charge is 2.54. The van der Waals surface area contributed by atoms with Crippen molar-refractivity contribution in [2.24, 2.45) is 10.7 Å². The fourth-order valence-electron chi connectivity index (χ4n) is 2.79. The smallest absolute Gasteiger partial charge is 0.330 e. The van der Waals surface area contributed by atoms with E-state index < -0.39 is 41.6 Å². The highest BCUT2D eigenvalue weighted by atomic mass is 35.5. The molecule has 3 aliphatic rings. The second-order valence-corrected chi connectivity index (χ2v) is 5.77. The maximum Gasteiger partial charge on any atom is 0.330 e. The van der Waals surface area contributed by atoms with Crippen LogP contribution in [0.3, 0.4) is 0 Å². The minimum Gasteiger partial charge on any atom is -0.394 e. The minimum atomic E-state index is -1.94. The molecule has 23 heavy (non-hydrogen) atoms. The van der Waals surface area contributed by atoms with E-state index >= 15 is 0 Å². The fraction of sp³-hybridized carbons (Fsp3) is 0.600. The lowest BCUT2D eigenvalue weighted by Gasteiger charge is -2.16. The first kappa shape index (κ1) is 16.4. The maximum atomic E-state index is 12.2. The Balaban J connectivity index is 0.00000156. The van der Waals surface area contributed by atoms with Crippen LogP contribution in [0.4, 0.5) is 0 Å². The Labute approximate surface area is 137 Å². The zero-order chi connectivity index (χ0) is 15.4. The molecule has 5 N–H and O–H groups in total. The molecule has 0 aromatic carbocycles. The van der Waals surface area contributed by atoms with Gasteiger partial charge in [-0.3, -0.25) is 8.37 Å². The normalized spacial score (nSPS) is 35.0. The number of nitrogens with zero attached hydrogens (tertiary/aromatic N) is 2. The van der Waals surface area contributed by atoms with Crippen molar-refractivity contribution in [3.8, 4) is 0 Å². The van der Waals surface area contributed by atoms with Crippen molar-refractivity contribution in [1.29, 1.82) is 0 Å². The number of H-pyrrole nitrogens is 1. The fourth-order valence-corrected chi connectivity index (χ4v) is 3.64. The summed E-state index contributed by atoms with van der Waals surface area (Å²) in [5.74, 6) is 0.293. The molecule has 5 atom stereocenters. The number of hydrogen-bond acceptors (Lipinski definition) is 9. The molecule has 13 heteroatoms. The van der Waals surface area contributed by atoms with Crippen LogP contribution in [-0.2, 0) is 24.5 Å². The molecule has 0 bridgehead atoms. The summed E-state index contributed by atoms with van der Waals surface area (Å²) in [4.78, 5) is 19.0. The van der Waals surface area contributed by atoms with Gasteiger partial charge in [0.15, 0.2) is 17.8 Å². The van der Waals surface area contributed by atoms with E-state index in [1.54, 1.807) is 0 Å². The first-order chi connectivity index (χ1) is 10.6. The largest absolute Gasteiger partial charge is 0.394 e. The first-order valence-corrected chi connectivity index (χ1v) is 7.51. The lowest BCUT2D eigenvalue weighted by Crippen LogP contribution is -2.46. The molecule has 0 radical (unpaired) electrons. The Kier molecular flexibility index (Phi) is 4.20. The average molecular weight is 368 g/mol. The van der Waals surface area contributed by atoms with Gasteiger partial charge in [0.25, 0.3) is 0 Å². The SMILES string of the molecule is Cl.NC1=c2[nH]c(=O)n([C@@H]3O[C@H](CO)[C@H]4OS(=O)O[C@H]43)c2=NCN1. The van der Waals surface area contributed by atoms with Gasteiger partial charge < -0.3 is 25.9 Å². The van der Waals surface area contributed by atoms with Crippen LogP contribution in [0.25, 0.3) is 5.82 Å². The van der Waals surface area contributed by atoms with Gasteiger partial charge in [0.1, 0.15) is 30.0 Å². The number of halogens is 1. The summed E-state index contributed by atoms with van der Waals surface area (Å²) in [5, 5.41) is 12.5. The van der Waals surface area contributed by atoms with Gasteiger partial charge in [-0.1, -0.05) is 0 Å². The summed E-state index contributed by atoms with van der Waals surface area (Å²) < 4.78 is 28.6. The van der Waals surface area contributed by atoms with Crippen LogP contribution in [0.1, 0.15) is 6.23 Å². The Morgan fingerprint density at radius 2 is 2.17 bits per heavy atom. The van der Waals surface area contributed by atoms with Crippen molar-refractivity contribution in [3.63, 3.8) is 0 Å². The number of nitrogens with one attached hydrogen (secondary N) is 2. The van der Waals surface area contributed by atoms with Crippen molar-refractivity contribution in [2.45, 2.75) is 24.5 Å². The average Bonchev–Trinajstić information content (AvgIpc) is 3.11. The number of ether oxygens (including phenoxy) is 1. The number of nitrogens with two attached hydrogens (primary N) is 1. The standard InChI is InChI=1S/C10H13N5O6S.ClH/c11-7-4-8(13-2-12-7)15(10(17)14-4)9-6-5(3(1-16)19-9)20-22(18)21-6;/h3,5-6,9,12,16H,1-2,11H2,(H,14,17);1H/t3-,5-,6-,9-,22?;/m1./s1. The number of imidazole rings is 1. The third kappa shape index (κ3) is 2.38. The van der Waals surface area contributed by atoms with E-state index in [4.69, 9.17) is 18.8 Å². The summed E-state index contributed by atoms with van der Waals surface area (Å²) >= 11 is -1.94. The van der Waals surface area contributed by atoms with Gasteiger partial charge in [-0.05, 0) is 0 Å². The molecule has 0 amide bonds. The summed E-state index contributed by atoms with van der Waals surface area (Å²) in [7, 11) is 0. The Hall–Kier alpha value is -1.44. The van der Waals surface area contributed by atoms with Crippen LogP contribution in [0.15, 0.2) is 9.79 Å². The van der Waals surface area contributed by atoms with E-state index in [0.29, 0.717) is 16.7 Å². The van der Waals surface area contributed by atoms with Gasteiger partial charge >= 0.3 is 17.1 Å². The van der Waals surface area contributed by atoms with Gasteiger partial charge in [0.2, 0.25) is 0 Å². The van der Waals surface area contributed by atoms with E-state index in [-0.39, 0.29) is 25.7 Å². The highest BCUT2D eigenvalue weighted by molar-refractivity contribution is 7.75. The molecule has 2 saturated heterocycles. The van der Waals surface area contributed by atoms with E-state index in [2.05, 4.69) is 15.3 Å². The number of fused-ring (bicyclic) bond motifs is 2. The van der Waals surface area contributed by atoms with Crippen LogP contribution < -0.4 is 27.6 Å². The number of rotatable bonds is 2. The monoisotopic (exact) mass is 367 g/mol. The summed E-state index contributed by atoms with van der Waals surface area (Å²) in [6.45, 7) is -0.143. The van der Waals surface area contributed by atoms with Crippen LogP contribution in [-0.4, -0.2) is 50.5 Å². The first-order valence-electron chi connectivity index (χ1n) is 6.51. The molecule has 3 aliphatic heterocycles. The third-order valence-corrected chi connectivity index (χ3v) is 4.53. The number of aromatic nitrogens is 2. The topological polar surface area (TPSA) is 153 Å². The number of aliphatic hydroxyl groups is 1. The summed E-state index contributed by atoms with van der Waals surface area (Å²) in [6, 6.07) is 0. The third-order valence-electron chi connectivity index (χ3n) is 3.77. The number of aromatic amines is 1. The number of hydrogen-bond donors (Lipinski definition) is 4. The van der Waals surface area contributed by atoms with Gasteiger partial charge in [-0.2, -0.15) is 4.21 Å². The molecule has 1 unspecified atom stereocenters. The van der Waals surface area contributed by atoms with E-state index in [0.717, 1.165) is 0 Å².